The molecule has 0 bridgehead atoms. The van der Waals surface area contributed by atoms with E-state index in [9.17, 15) is 4.79 Å². The van der Waals surface area contributed by atoms with Gasteiger partial charge < -0.3 is 11.1 Å². The van der Waals surface area contributed by atoms with Crippen molar-refractivity contribution in [2.45, 2.75) is 32.4 Å². The lowest BCUT2D eigenvalue weighted by Crippen LogP contribution is -2.38. The molecule has 0 saturated heterocycles. The average Bonchev–Trinajstić information content (AvgIpc) is 2.12. The van der Waals surface area contributed by atoms with E-state index in [-0.39, 0.29) is 18.3 Å². The summed E-state index contributed by atoms with van der Waals surface area (Å²) in [5.41, 5.74) is 6.37. The molecule has 1 amide bonds. The quantitative estimate of drug-likeness (QED) is 0.895. The van der Waals surface area contributed by atoms with Crippen molar-refractivity contribution in [2.75, 3.05) is 0 Å². The Labute approximate surface area is 117 Å². The Morgan fingerprint density at radius 2 is 2.12 bits per heavy atom. The van der Waals surface area contributed by atoms with E-state index in [0.717, 1.165) is 10.0 Å². The van der Waals surface area contributed by atoms with E-state index >= 15 is 0 Å². The van der Waals surface area contributed by atoms with Crippen molar-refractivity contribution < 1.29 is 4.79 Å². The van der Waals surface area contributed by atoms with Gasteiger partial charge in [0, 0.05) is 23.0 Å². The van der Waals surface area contributed by atoms with Crippen LogP contribution in [0.3, 0.4) is 0 Å². The summed E-state index contributed by atoms with van der Waals surface area (Å²) in [6.07, 6.45) is 0.334. The van der Waals surface area contributed by atoms with Crippen molar-refractivity contribution in [3.05, 3.63) is 34.3 Å². The highest BCUT2D eigenvalue weighted by Crippen LogP contribution is 2.11. The summed E-state index contributed by atoms with van der Waals surface area (Å²) < 4.78 is 1.01. The minimum atomic E-state index is -0.457. The second-order valence-corrected chi connectivity index (χ2v) is 5.49. The minimum absolute atomic E-state index is 0. The third-order valence-corrected chi connectivity index (χ3v) is 2.49. The number of carbonyl (C=O) groups excluding carboxylic acids is 1. The molecule has 0 radical (unpaired) electrons. The third-order valence-electron chi connectivity index (χ3n) is 1.99. The van der Waals surface area contributed by atoms with Crippen molar-refractivity contribution in [2.24, 2.45) is 5.73 Å². The zero-order chi connectivity index (χ0) is 12.2. The monoisotopic (exact) mass is 320 g/mol. The maximum absolute atomic E-state index is 11.5. The summed E-state index contributed by atoms with van der Waals surface area (Å²) >= 11 is 3.39. The zero-order valence-corrected chi connectivity index (χ0v) is 12.4. The van der Waals surface area contributed by atoms with Gasteiger partial charge in [0.1, 0.15) is 0 Å². The summed E-state index contributed by atoms with van der Waals surface area (Å²) in [5.74, 6) is -0.0209. The van der Waals surface area contributed by atoms with Crippen LogP contribution in [-0.4, -0.2) is 11.4 Å². The van der Waals surface area contributed by atoms with Crippen LogP contribution < -0.4 is 11.1 Å². The van der Waals surface area contributed by atoms with E-state index in [4.69, 9.17) is 5.73 Å². The summed E-state index contributed by atoms with van der Waals surface area (Å²) in [6.45, 7) is 4.21. The van der Waals surface area contributed by atoms with Crippen molar-refractivity contribution in [3.63, 3.8) is 0 Å². The lowest BCUT2D eigenvalue weighted by Gasteiger charge is -2.17. The van der Waals surface area contributed by atoms with Gasteiger partial charge in [0.15, 0.2) is 0 Å². The highest BCUT2D eigenvalue weighted by atomic mass is 79.9. The van der Waals surface area contributed by atoms with Crippen LogP contribution in [0.4, 0.5) is 0 Å². The molecule has 0 unspecified atom stereocenters. The van der Waals surface area contributed by atoms with Gasteiger partial charge in [-0.25, -0.2) is 0 Å². The smallest absolute Gasteiger partial charge is 0.222 e. The second kappa shape index (κ2) is 6.99. The molecule has 0 aliphatic carbocycles. The molecule has 0 aliphatic rings. The SMILES string of the molecule is CC(C)(N)CC(=O)NCc1cccc(Br)c1.Cl. The van der Waals surface area contributed by atoms with Crippen LogP contribution >= 0.6 is 28.3 Å². The fourth-order valence-corrected chi connectivity index (χ4v) is 1.77. The highest BCUT2D eigenvalue weighted by Gasteiger charge is 2.15. The molecule has 0 atom stereocenters. The minimum Gasteiger partial charge on any atom is -0.352 e. The van der Waals surface area contributed by atoms with E-state index in [1.165, 1.54) is 0 Å². The molecule has 1 rings (SSSR count). The summed E-state index contributed by atoms with van der Waals surface area (Å²) in [5, 5.41) is 2.84. The number of nitrogens with one attached hydrogen (secondary N) is 1. The average molecular weight is 322 g/mol. The Bertz CT molecular complexity index is 377. The van der Waals surface area contributed by atoms with Gasteiger partial charge in [-0.3, -0.25) is 4.79 Å². The largest absolute Gasteiger partial charge is 0.352 e. The van der Waals surface area contributed by atoms with E-state index in [0.29, 0.717) is 13.0 Å². The van der Waals surface area contributed by atoms with Crippen LogP contribution in [0.15, 0.2) is 28.7 Å². The molecular formula is C12H18BrClN2O. The van der Waals surface area contributed by atoms with Gasteiger partial charge in [-0.2, -0.15) is 0 Å². The molecule has 1 aromatic rings. The first-order chi connectivity index (χ1) is 7.37. The number of carbonyl (C=O) groups is 1. The molecule has 0 aliphatic heterocycles. The van der Waals surface area contributed by atoms with Gasteiger partial charge in [-0.1, -0.05) is 28.1 Å². The lowest BCUT2D eigenvalue weighted by molar-refractivity contribution is -0.122. The molecule has 1 aromatic carbocycles. The molecule has 0 spiro atoms. The van der Waals surface area contributed by atoms with Crippen molar-refractivity contribution in [1.82, 2.24) is 5.32 Å². The predicted molar refractivity (Wildman–Crippen MR) is 76.1 cm³/mol. The highest BCUT2D eigenvalue weighted by molar-refractivity contribution is 9.10. The van der Waals surface area contributed by atoms with Gasteiger partial charge in [-0.15, -0.1) is 12.4 Å². The molecule has 0 fully saturated rings. The zero-order valence-electron chi connectivity index (χ0n) is 10.00. The number of halogens is 2. The predicted octanol–water partition coefficient (Wildman–Crippen LogP) is 2.61. The van der Waals surface area contributed by atoms with Gasteiger partial charge in [-0.05, 0) is 31.5 Å². The van der Waals surface area contributed by atoms with Crippen LogP contribution in [0.25, 0.3) is 0 Å². The fraction of sp³-hybridized carbons (Fsp3) is 0.417. The Hall–Kier alpha value is -0.580. The molecule has 96 valence electrons. The second-order valence-electron chi connectivity index (χ2n) is 4.57. The standard InChI is InChI=1S/C12H17BrN2O.ClH/c1-12(2,14)7-11(16)15-8-9-4-3-5-10(13)6-9;/h3-6H,7-8,14H2,1-2H3,(H,15,16);1H. The molecular weight excluding hydrogens is 304 g/mol. The Morgan fingerprint density at radius 1 is 1.47 bits per heavy atom. The molecule has 0 aromatic heterocycles. The molecule has 3 N–H and O–H groups in total. The maximum atomic E-state index is 11.5. The molecule has 3 nitrogen and oxygen atoms in total. The van der Waals surface area contributed by atoms with E-state index < -0.39 is 5.54 Å². The number of hydrogen-bond donors (Lipinski definition) is 2. The molecule has 5 heteroatoms. The summed E-state index contributed by atoms with van der Waals surface area (Å²) in [4.78, 5) is 11.5. The number of nitrogens with two attached hydrogens (primary N) is 1. The normalized spacial score (nSPS) is 10.6. The summed E-state index contributed by atoms with van der Waals surface area (Å²) in [6, 6.07) is 7.85. The number of rotatable bonds is 4. The first-order valence-corrected chi connectivity index (χ1v) is 5.96. The molecule has 0 heterocycles. The van der Waals surface area contributed by atoms with Crippen molar-refractivity contribution in [3.8, 4) is 0 Å². The number of hydrogen-bond acceptors (Lipinski definition) is 2. The van der Waals surface area contributed by atoms with Crippen molar-refractivity contribution >= 4 is 34.2 Å². The lowest BCUT2D eigenvalue weighted by atomic mass is 10.0. The van der Waals surface area contributed by atoms with Crippen LogP contribution in [0.1, 0.15) is 25.8 Å². The Morgan fingerprint density at radius 3 is 2.65 bits per heavy atom. The Balaban J connectivity index is 0.00000256. The van der Waals surface area contributed by atoms with Crippen LogP contribution in [0.2, 0.25) is 0 Å². The van der Waals surface area contributed by atoms with E-state index in [1.54, 1.807) is 0 Å². The molecule has 0 saturated carbocycles. The van der Waals surface area contributed by atoms with Crippen LogP contribution in [0, 0.1) is 0 Å². The van der Waals surface area contributed by atoms with E-state index in [1.807, 2.05) is 38.1 Å². The topological polar surface area (TPSA) is 55.1 Å². The van der Waals surface area contributed by atoms with Gasteiger partial charge in [0.25, 0.3) is 0 Å². The van der Waals surface area contributed by atoms with Crippen LogP contribution in [-0.2, 0) is 11.3 Å². The number of benzene rings is 1. The Kier molecular flexibility index (Phi) is 6.75. The van der Waals surface area contributed by atoms with Crippen molar-refractivity contribution in [1.29, 1.82) is 0 Å². The molecule has 17 heavy (non-hydrogen) atoms. The van der Waals surface area contributed by atoms with Gasteiger partial charge in [0.2, 0.25) is 5.91 Å². The maximum Gasteiger partial charge on any atom is 0.222 e. The van der Waals surface area contributed by atoms with Gasteiger partial charge >= 0.3 is 0 Å². The van der Waals surface area contributed by atoms with E-state index in [2.05, 4.69) is 21.2 Å². The van der Waals surface area contributed by atoms with Gasteiger partial charge in [0.05, 0.1) is 0 Å². The van der Waals surface area contributed by atoms with Crippen LogP contribution in [0.5, 0.6) is 0 Å². The third kappa shape index (κ3) is 7.36. The number of amides is 1. The fourth-order valence-electron chi connectivity index (χ4n) is 1.32. The summed E-state index contributed by atoms with van der Waals surface area (Å²) in [7, 11) is 0. The first-order valence-electron chi connectivity index (χ1n) is 5.17. The first kappa shape index (κ1) is 16.4.